The Balaban J connectivity index is 1.45. The molecule has 0 aliphatic carbocycles. The fourth-order valence-corrected chi connectivity index (χ4v) is 6.29. The summed E-state index contributed by atoms with van der Waals surface area (Å²) in [5.74, 6) is -0.986. The van der Waals surface area contributed by atoms with Gasteiger partial charge in [0.25, 0.3) is 5.91 Å². The van der Waals surface area contributed by atoms with Crippen molar-refractivity contribution in [1.29, 1.82) is 0 Å². The molecule has 2 bridgehead atoms. The van der Waals surface area contributed by atoms with E-state index in [0.717, 1.165) is 25.9 Å². The number of carbonyl (C=O) groups excluding carboxylic acids is 2. The smallest absolute Gasteiger partial charge is 0.348 e. The second kappa shape index (κ2) is 8.90. The lowest BCUT2D eigenvalue weighted by Gasteiger charge is -2.54. The number of nitrogens with two attached hydrogens (primary N) is 1. The van der Waals surface area contributed by atoms with Gasteiger partial charge >= 0.3 is 5.97 Å². The maximum atomic E-state index is 13.6. The first-order valence-electron chi connectivity index (χ1n) is 11.4. The van der Waals surface area contributed by atoms with Crippen molar-refractivity contribution in [2.45, 2.75) is 30.6 Å². The minimum absolute atomic E-state index is 0.172. The number of carbonyl (C=O) groups is 2. The molecular weight excluding hydrogens is 452 g/mol. The second-order valence-corrected chi connectivity index (χ2v) is 9.94. The zero-order valence-corrected chi connectivity index (χ0v) is 19.4. The molecule has 176 valence electrons. The average molecular weight is 480 g/mol. The van der Waals surface area contributed by atoms with Gasteiger partial charge in [0.1, 0.15) is 18.6 Å². The number of thiophene rings is 1. The van der Waals surface area contributed by atoms with E-state index in [9.17, 15) is 14.7 Å². The first-order chi connectivity index (χ1) is 16.4. The number of nitrogens with zero attached hydrogens (tertiary/aromatic N) is 3. The standard InChI is InChI=1S/C25H26N4O4S/c26-23(30)22(20-6-10-27-16-28-20)29-11-7-17(8-12-29)21(14-29)33-24(31)25(32,19-9-13-34-15-19)18-4-2-1-3-5-18/h1-6,9-10,13,15-17,21-22,32H,7-8,11-12,14H2,(H-,26,30)/p+1/t17?,21-,22?,25?,29?/m0/s1. The monoisotopic (exact) mass is 479 g/mol. The maximum absolute atomic E-state index is 13.6. The molecule has 3 N–H and O–H groups in total. The Kier molecular flexibility index (Phi) is 5.93. The molecule has 3 saturated heterocycles. The summed E-state index contributed by atoms with van der Waals surface area (Å²) in [6, 6.07) is 11.7. The van der Waals surface area contributed by atoms with Crippen LogP contribution in [0.4, 0.5) is 0 Å². The van der Waals surface area contributed by atoms with Crippen molar-refractivity contribution in [2.24, 2.45) is 11.7 Å². The Labute approximate surface area is 201 Å². The van der Waals surface area contributed by atoms with E-state index in [1.807, 2.05) is 11.4 Å². The molecule has 8 nitrogen and oxygen atoms in total. The lowest BCUT2D eigenvalue weighted by Crippen LogP contribution is -2.67. The summed E-state index contributed by atoms with van der Waals surface area (Å²) in [4.78, 5) is 34.5. The van der Waals surface area contributed by atoms with E-state index in [2.05, 4.69) is 9.97 Å². The van der Waals surface area contributed by atoms with Crippen molar-refractivity contribution in [3.63, 3.8) is 0 Å². The van der Waals surface area contributed by atoms with Crippen LogP contribution in [0.3, 0.4) is 0 Å². The van der Waals surface area contributed by atoms with Gasteiger partial charge in [0.05, 0.1) is 13.1 Å². The third-order valence-corrected chi connectivity index (χ3v) is 8.03. The quantitative estimate of drug-likeness (QED) is 0.396. The molecule has 3 fully saturated rings. The van der Waals surface area contributed by atoms with Crippen LogP contribution in [0, 0.1) is 5.92 Å². The molecule has 3 aromatic rings. The fraction of sp³-hybridized carbons (Fsp3) is 0.360. The van der Waals surface area contributed by atoms with Gasteiger partial charge in [-0.05, 0) is 28.5 Å². The molecule has 3 aliphatic heterocycles. The number of aliphatic hydroxyl groups is 1. The Morgan fingerprint density at radius 1 is 1.15 bits per heavy atom. The summed E-state index contributed by atoms with van der Waals surface area (Å²) in [6.45, 7) is 1.95. The first kappa shape index (κ1) is 22.6. The van der Waals surface area contributed by atoms with Crippen molar-refractivity contribution in [3.8, 4) is 0 Å². The van der Waals surface area contributed by atoms with Crippen molar-refractivity contribution >= 4 is 23.2 Å². The van der Waals surface area contributed by atoms with E-state index in [0.29, 0.717) is 27.8 Å². The molecule has 2 unspecified atom stereocenters. The van der Waals surface area contributed by atoms with Crippen LogP contribution in [-0.2, 0) is 19.9 Å². The Bertz CT molecular complexity index is 1150. The largest absolute Gasteiger partial charge is 0.453 e. The molecule has 34 heavy (non-hydrogen) atoms. The van der Waals surface area contributed by atoms with Crippen LogP contribution in [0.15, 0.2) is 65.7 Å². The number of aromatic nitrogens is 2. The number of esters is 1. The number of benzene rings is 1. The van der Waals surface area contributed by atoms with Gasteiger partial charge in [0.2, 0.25) is 11.6 Å². The summed E-state index contributed by atoms with van der Waals surface area (Å²) in [5.41, 5.74) is 5.48. The van der Waals surface area contributed by atoms with Crippen LogP contribution in [-0.4, -0.2) is 57.2 Å². The number of piperidine rings is 3. The van der Waals surface area contributed by atoms with E-state index >= 15 is 0 Å². The van der Waals surface area contributed by atoms with Gasteiger partial charge in [-0.1, -0.05) is 30.3 Å². The third-order valence-electron chi connectivity index (χ3n) is 7.35. The number of ether oxygens (including phenoxy) is 1. The highest BCUT2D eigenvalue weighted by molar-refractivity contribution is 7.08. The SMILES string of the molecule is NC(=O)C(c1ccncn1)[N+]12CCC(CC1)[C@@H](OC(=O)C(O)(c1ccccc1)c1ccsc1)C2. The first-order valence-corrected chi connectivity index (χ1v) is 12.3. The minimum atomic E-state index is -1.91. The molecule has 3 atom stereocenters. The van der Waals surface area contributed by atoms with Crippen LogP contribution in [0.5, 0.6) is 0 Å². The second-order valence-electron chi connectivity index (χ2n) is 9.16. The van der Waals surface area contributed by atoms with E-state index < -0.39 is 29.6 Å². The summed E-state index contributed by atoms with van der Waals surface area (Å²) >= 11 is 1.41. The zero-order valence-electron chi connectivity index (χ0n) is 18.6. The highest BCUT2D eigenvalue weighted by Gasteiger charge is 2.55. The lowest BCUT2D eigenvalue weighted by molar-refractivity contribution is -0.965. The highest BCUT2D eigenvalue weighted by atomic mass is 32.1. The molecule has 6 rings (SSSR count). The van der Waals surface area contributed by atoms with Gasteiger partial charge in [-0.3, -0.25) is 4.79 Å². The van der Waals surface area contributed by atoms with Gasteiger partial charge in [-0.2, -0.15) is 11.3 Å². The minimum Gasteiger partial charge on any atom is -0.453 e. The zero-order chi connectivity index (χ0) is 23.8. The van der Waals surface area contributed by atoms with Crippen molar-refractivity contribution < 1.29 is 23.9 Å². The number of amides is 1. The lowest BCUT2D eigenvalue weighted by atomic mass is 9.80. The van der Waals surface area contributed by atoms with Crippen LogP contribution in [0.1, 0.15) is 35.7 Å². The van der Waals surface area contributed by atoms with E-state index in [1.165, 1.54) is 17.7 Å². The van der Waals surface area contributed by atoms with Gasteiger partial charge in [0, 0.05) is 30.5 Å². The van der Waals surface area contributed by atoms with Crippen molar-refractivity contribution in [1.82, 2.24) is 9.97 Å². The average Bonchev–Trinajstić information content (AvgIpc) is 3.41. The molecule has 0 radical (unpaired) electrons. The summed E-state index contributed by atoms with van der Waals surface area (Å²) in [5, 5.41) is 15.3. The number of hydrogen-bond donors (Lipinski definition) is 2. The Morgan fingerprint density at radius 2 is 1.91 bits per heavy atom. The Morgan fingerprint density at radius 3 is 2.53 bits per heavy atom. The van der Waals surface area contributed by atoms with Crippen LogP contribution < -0.4 is 5.73 Å². The molecule has 2 aromatic heterocycles. The molecular formula is C25H27N4O4S+. The molecule has 5 heterocycles. The van der Waals surface area contributed by atoms with Crippen molar-refractivity contribution in [2.75, 3.05) is 19.6 Å². The predicted octanol–water partition coefficient (Wildman–Crippen LogP) is 2.15. The van der Waals surface area contributed by atoms with E-state index in [1.54, 1.807) is 48.0 Å². The van der Waals surface area contributed by atoms with Gasteiger partial charge in [0.15, 0.2) is 6.10 Å². The molecule has 3 aliphatic rings. The van der Waals surface area contributed by atoms with Crippen LogP contribution in [0.25, 0.3) is 0 Å². The van der Waals surface area contributed by atoms with Crippen LogP contribution in [0.2, 0.25) is 0 Å². The topological polar surface area (TPSA) is 115 Å². The fourth-order valence-electron chi connectivity index (χ4n) is 5.59. The third kappa shape index (κ3) is 3.79. The van der Waals surface area contributed by atoms with E-state index in [-0.39, 0.29) is 5.92 Å². The molecule has 0 spiro atoms. The molecule has 1 amide bonds. The number of rotatable bonds is 7. The number of quaternary nitrogens is 1. The van der Waals surface area contributed by atoms with Gasteiger partial charge in [-0.15, -0.1) is 0 Å². The van der Waals surface area contributed by atoms with Crippen molar-refractivity contribution in [3.05, 3.63) is 82.6 Å². The number of hydrogen-bond acceptors (Lipinski definition) is 7. The summed E-state index contributed by atoms with van der Waals surface area (Å²) in [6.07, 6.45) is 4.18. The summed E-state index contributed by atoms with van der Waals surface area (Å²) in [7, 11) is 0. The predicted molar refractivity (Wildman–Crippen MR) is 125 cm³/mol. The van der Waals surface area contributed by atoms with E-state index in [4.69, 9.17) is 10.5 Å². The molecule has 9 heteroatoms. The molecule has 0 saturated carbocycles. The van der Waals surface area contributed by atoms with Gasteiger partial charge in [-0.25, -0.2) is 14.8 Å². The summed E-state index contributed by atoms with van der Waals surface area (Å²) < 4.78 is 6.47. The number of fused-ring (bicyclic) bond motifs is 3. The highest BCUT2D eigenvalue weighted by Crippen LogP contribution is 2.43. The molecule has 1 aromatic carbocycles. The Hall–Kier alpha value is -3.14. The van der Waals surface area contributed by atoms with Crippen LogP contribution >= 0.6 is 11.3 Å². The maximum Gasteiger partial charge on any atom is 0.348 e. The van der Waals surface area contributed by atoms with Gasteiger partial charge < -0.3 is 20.1 Å². The normalized spacial score (nSPS) is 26.4. The number of primary amides is 1.